The lowest BCUT2D eigenvalue weighted by atomic mass is 9.92. The Bertz CT molecular complexity index is 459. The van der Waals surface area contributed by atoms with E-state index in [1.165, 1.54) is 12.8 Å². The van der Waals surface area contributed by atoms with Gasteiger partial charge in [-0.3, -0.25) is 9.69 Å². The summed E-state index contributed by atoms with van der Waals surface area (Å²) in [6.45, 7) is 5.97. The van der Waals surface area contributed by atoms with Crippen LogP contribution in [-0.2, 0) is 11.2 Å². The van der Waals surface area contributed by atoms with Gasteiger partial charge in [-0.1, -0.05) is 29.3 Å². The number of likely N-dealkylation sites (tertiary alicyclic amines) is 1. The fourth-order valence-electron chi connectivity index (χ4n) is 2.53. The third kappa shape index (κ3) is 3.13. The van der Waals surface area contributed by atoms with Crippen molar-refractivity contribution in [1.29, 1.82) is 0 Å². The first-order chi connectivity index (χ1) is 8.93. The number of hydrogen-bond acceptors (Lipinski definition) is 2. The lowest BCUT2D eigenvalue weighted by Gasteiger charge is -2.34. The van der Waals surface area contributed by atoms with Crippen LogP contribution in [0, 0.1) is 0 Å². The molecule has 1 aromatic carbocycles. The lowest BCUT2D eigenvalue weighted by molar-refractivity contribution is -0.128. The zero-order chi connectivity index (χ0) is 14.0. The number of halogens is 2. The molecule has 0 saturated carbocycles. The number of carbonyl (C=O) groups is 1. The van der Waals surface area contributed by atoms with Crippen molar-refractivity contribution in [2.75, 3.05) is 13.1 Å². The molecule has 0 aliphatic carbocycles. The molecule has 1 saturated heterocycles. The van der Waals surface area contributed by atoms with E-state index in [0.29, 0.717) is 16.5 Å². The number of rotatable bonds is 4. The fraction of sp³-hybridized carbons (Fsp3) is 0.533. The van der Waals surface area contributed by atoms with Crippen molar-refractivity contribution < 1.29 is 4.79 Å². The molecule has 0 atom stereocenters. The number of hydrogen-bond donors (Lipinski definition) is 0. The molecule has 4 heteroatoms. The largest absolute Gasteiger partial charge is 0.297 e. The summed E-state index contributed by atoms with van der Waals surface area (Å²) in [5.41, 5.74) is 0.294. The maximum Gasteiger partial charge on any atom is 0.156 e. The second-order valence-electron chi connectivity index (χ2n) is 5.55. The smallest absolute Gasteiger partial charge is 0.156 e. The van der Waals surface area contributed by atoms with Crippen molar-refractivity contribution in [2.45, 2.75) is 38.6 Å². The predicted molar refractivity (Wildman–Crippen MR) is 80.1 cm³/mol. The van der Waals surface area contributed by atoms with E-state index in [2.05, 4.69) is 4.90 Å². The van der Waals surface area contributed by atoms with Crippen molar-refractivity contribution >= 4 is 29.0 Å². The Morgan fingerprint density at radius 1 is 1.21 bits per heavy atom. The van der Waals surface area contributed by atoms with Crippen molar-refractivity contribution in [1.82, 2.24) is 4.90 Å². The van der Waals surface area contributed by atoms with Gasteiger partial charge in [0.15, 0.2) is 5.78 Å². The molecule has 104 valence electrons. The van der Waals surface area contributed by atoms with Gasteiger partial charge in [-0.2, -0.15) is 0 Å². The number of nitrogens with zero attached hydrogens (tertiary/aromatic N) is 1. The molecule has 1 fully saturated rings. The van der Waals surface area contributed by atoms with Gasteiger partial charge in [0.1, 0.15) is 0 Å². The molecule has 0 aromatic heterocycles. The summed E-state index contributed by atoms with van der Waals surface area (Å²) in [7, 11) is 0. The van der Waals surface area contributed by atoms with E-state index < -0.39 is 5.54 Å². The van der Waals surface area contributed by atoms with Gasteiger partial charge in [0.25, 0.3) is 0 Å². The molecule has 19 heavy (non-hydrogen) atoms. The van der Waals surface area contributed by atoms with Gasteiger partial charge in [0.05, 0.1) is 5.54 Å². The van der Waals surface area contributed by atoms with Gasteiger partial charge in [-0.25, -0.2) is 0 Å². The Morgan fingerprint density at radius 3 is 2.26 bits per heavy atom. The van der Waals surface area contributed by atoms with Crippen LogP contribution in [0.4, 0.5) is 0 Å². The first kappa shape index (κ1) is 14.8. The zero-order valence-corrected chi connectivity index (χ0v) is 12.9. The van der Waals surface area contributed by atoms with E-state index >= 15 is 0 Å². The minimum Gasteiger partial charge on any atom is -0.297 e. The van der Waals surface area contributed by atoms with Crippen molar-refractivity contribution in [3.05, 3.63) is 33.8 Å². The van der Waals surface area contributed by atoms with Crippen molar-refractivity contribution in [3.63, 3.8) is 0 Å². The molecule has 0 radical (unpaired) electrons. The molecule has 0 spiro atoms. The normalized spacial score (nSPS) is 16.8. The second kappa shape index (κ2) is 5.82. The summed E-state index contributed by atoms with van der Waals surface area (Å²) in [4.78, 5) is 14.8. The average Bonchev–Trinajstić information content (AvgIpc) is 2.88. The average molecular weight is 300 g/mol. The van der Waals surface area contributed by atoms with E-state index in [4.69, 9.17) is 23.2 Å². The van der Waals surface area contributed by atoms with E-state index in [0.717, 1.165) is 18.7 Å². The Labute approximate surface area is 124 Å². The molecular formula is C15H19Cl2NO. The lowest BCUT2D eigenvalue weighted by Crippen LogP contribution is -2.49. The molecule has 2 rings (SSSR count). The highest BCUT2D eigenvalue weighted by atomic mass is 35.5. The van der Waals surface area contributed by atoms with Gasteiger partial charge in [-0.15, -0.1) is 0 Å². The first-order valence-corrected chi connectivity index (χ1v) is 7.40. The Balaban J connectivity index is 2.16. The highest BCUT2D eigenvalue weighted by Crippen LogP contribution is 2.28. The molecule has 1 aromatic rings. The molecule has 0 N–H and O–H groups in total. The van der Waals surface area contributed by atoms with E-state index in [1.54, 1.807) is 18.2 Å². The van der Waals surface area contributed by atoms with Crippen LogP contribution in [0.2, 0.25) is 10.0 Å². The minimum atomic E-state index is -0.445. The van der Waals surface area contributed by atoms with Crippen molar-refractivity contribution in [3.8, 4) is 0 Å². The predicted octanol–water partition coefficient (Wildman–Crippen LogP) is 3.98. The molecule has 1 heterocycles. The van der Waals surface area contributed by atoms with Crippen LogP contribution in [0.3, 0.4) is 0 Å². The van der Waals surface area contributed by atoms with Crippen LogP contribution in [0.5, 0.6) is 0 Å². The van der Waals surface area contributed by atoms with Crippen LogP contribution in [-0.4, -0.2) is 29.3 Å². The maximum absolute atomic E-state index is 12.6. The van der Waals surface area contributed by atoms with E-state index in [1.807, 2.05) is 13.8 Å². The molecule has 1 aliphatic rings. The molecular weight excluding hydrogens is 281 g/mol. The van der Waals surface area contributed by atoms with Crippen LogP contribution < -0.4 is 0 Å². The van der Waals surface area contributed by atoms with Gasteiger partial charge in [0, 0.05) is 16.5 Å². The summed E-state index contributed by atoms with van der Waals surface area (Å²) in [6, 6.07) is 5.35. The number of benzene rings is 1. The quantitative estimate of drug-likeness (QED) is 0.838. The van der Waals surface area contributed by atoms with Gasteiger partial charge < -0.3 is 0 Å². The third-order valence-electron chi connectivity index (χ3n) is 3.98. The Morgan fingerprint density at radius 2 is 1.74 bits per heavy atom. The van der Waals surface area contributed by atoms with Gasteiger partial charge in [0.2, 0.25) is 0 Å². The number of ketones is 1. The molecule has 0 unspecified atom stereocenters. The topological polar surface area (TPSA) is 20.3 Å². The molecule has 2 nitrogen and oxygen atoms in total. The first-order valence-electron chi connectivity index (χ1n) is 6.64. The van der Waals surface area contributed by atoms with Crippen LogP contribution in [0.25, 0.3) is 0 Å². The van der Waals surface area contributed by atoms with E-state index in [9.17, 15) is 4.79 Å². The summed E-state index contributed by atoms with van der Waals surface area (Å²) < 4.78 is 0. The van der Waals surface area contributed by atoms with Crippen LogP contribution in [0.1, 0.15) is 32.3 Å². The summed E-state index contributed by atoms with van der Waals surface area (Å²) in [5.74, 6) is 0.171. The van der Waals surface area contributed by atoms with Gasteiger partial charge >= 0.3 is 0 Å². The molecule has 0 amide bonds. The van der Waals surface area contributed by atoms with Gasteiger partial charge in [-0.05, 0) is 57.5 Å². The highest BCUT2D eigenvalue weighted by molar-refractivity contribution is 6.36. The number of Topliss-reactive ketones (excluding diaryl/α,β-unsaturated/α-hetero) is 1. The van der Waals surface area contributed by atoms with Crippen LogP contribution >= 0.6 is 23.2 Å². The second-order valence-corrected chi connectivity index (χ2v) is 6.37. The minimum absolute atomic E-state index is 0.171. The summed E-state index contributed by atoms with van der Waals surface area (Å²) >= 11 is 12.3. The Kier molecular flexibility index (Phi) is 4.54. The highest BCUT2D eigenvalue weighted by Gasteiger charge is 2.35. The van der Waals surface area contributed by atoms with Crippen LogP contribution in [0.15, 0.2) is 18.2 Å². The zero-order valence-electron chi connectivity index (χ0n) is 11.4. The monoisotopic (exact) mass is 299 g/mol. The SMILES string of the molecule is CC(C)(C(=O)Cc1c(Cl)cccc1Cl)N1CCCC1. The van der Waals surface area contributed by atoms with Crippen molar-refractivity contribution in [2.24, 2.45) is 0 Å². The standard InChI is InChI=1S/C15H19Cl2NO/c1-15(2,18-8-3-4-9-18)14(19)10-11-12(16)6-5-7-13(11)17/h5-7H,3-4,8-10H2,1-2H3. The Hall–Kier alpha value is -0.570. The fourth-order valence-corrected chi connectivity index (χ4v) is 3.06. The summed E-state index contributed by atoms with van der Waals surface area (Å²) in [6.07, 6.45) is 2.63. The van der Waals surface area contributed by atoms with E-state index in [-0.39, 0.29) is 5.78 Å². The third-order valence-corrected chi connectivity index (χ3v) is 4.69. The molecule has 1 aliphatic heterocycles. The number of carbonyl (C=O) groups excluding carboxylic acids is 1. The maximum atomic E-state index is 12.6. The summed E-state index contributed by atoms with van der Waals surface area (Å²) in [5, 5.41) is 1.14. The molecule has 0 bridgehead atoms.